The largest absolute Gasteiger partial charge is 0.490 e. The third-order valence-electron chi connectivity index (χ3n) is 7.89. The van der Waals surface area contributed by atoms with Crippen molar-refractivity contribution in [1.29, 1.82) is 0 Å². The maximum Gasteiger partial charge on any atom is 0.410 e. The van der Waals surface area contributed by atoms with E-state index in [1.54, 1.807) is 9.80 Å². The summed E-state index contributed by atoms with van der Waals surface area (Å²) in [6.45, 7) is 8.21. The monoisotopic (exact) mass is 540 g/mol. The molecular formula is C33H36N2O5. The van der Waals surface area contributed by atoms with Crippen LogP contribution >= 0.6 is 0 Å². The molecule has 0 radical (unpaired) electrons. The first-order chi connectivity index (χ1) is 19.2. The molecule has 1 saturated heterocycles. The van der Waals surface area contributed by atoms with Gasteiger partial charge in [0.15, 0.2) is 0 Å². The maximum absolute atomic E-state index is 13.0. The molecule has 0 atom stereocenters. The van der Waals surface area contributed by atoms with Gasteiger partial charge in [0.1, 0.15) is 24.1 Å². The SMILES string of the molecule is CC(C)(C)OC(=O)N1Cc2ccc(OC3CCN(C(=O)OCC4c5ccccc5-c5ccccc54)CC3)cc2C1. The van der Waals surface area contributed by atoms with Gasteiger partial charge in [-0.3, -0.25) is 4.90 Å². The Labute approximate surface area is 235 Å². The Balaban J connectivity index is 0.999. The Kier molecular flexibility index (Phi) is 6.90. The minimum atomic E-state index is -0.519. The van der Waals surface area contributed by atoms with Gasteiger partial charge in [-0.15, -0.1) is 0 Å². The fourth-order valence-electron chi connectivity index (χ4n) is 5.93. The van der Waals surface area contributed by atoms with E-state index in [4.69, 9.17) is 14.2 Å². The van der Waals surface area contributed by atoms with E-state index in [0.29, 0.717) is 32.8 Å². The maximum atomic E-state index is 13.0. The molecule has 6 rings (SSSR count). The van der Waals surface area contributed by atoms with Crippen LogP contribution in [0.4, 0.5) is 9.59 Å². The molecule has 2 amide bonds. The normalized spacial score (nSPS) is 16.8. The standard InChI is InChI=1S/C33H36N2O5/c1-33(2,3)40-32(37)35-19-22-12-13-25(18-23(22)20-35)39-24-14-16-34(17-15-24)31(36)38-21-30-28-10-6-4-8-26(28)27-9-5-7-11-29(27)30/h4-13,18,24,30H,14-17,19-21H2,1-3H3. The summed E-state index contributed by atoms with van der Waals surface area (Å²) in [4.78, 5) is 28.9. The van der Waals surface area contributed by atoms with Crippen LogP contribution in [0.3, 0.4) is 0 Å². The molecule has 2 heterocycles. The minimum Gasteiger partial charge on any atom is -0.490 e. The second-order valence-electron chi connectivity index (χ2n) is 11.9. The highest BCUT2D eigenvalue weighted by atomic mass is 16.6. The lowest BCUT2D eigenvalue weighted by Gasteiger charge is -2.32. The van der Waals surface area contributed by atoms with E-state index in [1.807, 2.05) is 51.1 Å². The summed E-state index contributed by atoms with van der Waals surface area (Å²) in [6, 6.07) is 22.8. The summed E-state index contributed by atoms with van der Waals surface area (Å²) in [5.74, 6) is 0.854. The molecule has 3 aromatic rings. The van der Waals surface area contributed by atoms with Gasteiger partial charge in [-0.25, -0.2) is 9.59 Å². The molecule has 0 unspecified atom stereocenters. The number of benzene rings is 3. The van der Waals surface area contributed by atoms with Crippen LogP contribution in [-0.4, -0.2) is 53.4 Å². The average Bonchev–Trinajstić information content (AvgIpc) is 3.50. The highest BCUT2D eigenvalue weighted by Gasteiger charge is 2.32. The zero-order chi connectivity index (χ0) is 27.9. The summed E-state index contributed by atoms with van der Waals surface area (Å²) in [5.41, 5.74) is 6.55. The number of fused-ring (bicyclic) bond motifs is 4. The summed E-state index contributed by atoms with van der Waals surface area (Å²) >= 11 is 0. The smallest absolute Gasteiger partial charge is 0.410 e. The van der Waals surface area contributed by atoms with Crippen molar-refractivity contribution in [2.24, 2.45) is 0 Å². The van der Waals surface area contributed by atoms with Gasteiger partial charge in [-0.1, -0.05) is 54.6 Å². The highest BCUT2D eigenvalue weighted by Crippen LogP contribution is 2.44. The van der Waals surface area contributed by atoms with Gasteiger partial charge in [-0.2, -0.15) is 0 Å². The van der Waals surface area contributed by atoms with Gasteiger partial charge in [0.2, 0.25) is 0 Å². The van der Waals surface area contributed by atoms with Gasteiger partial charge < -0.3 is 19.1 Å². The third kappa shape index (κ3) is 5.37. The van der Waals surface area contributed by atoms with Gasteiger partial charge in [-0.05, 0) is 66.3 Å². The average molecular weight is 541 g/mol. The zero-order valence-corrected chi connectivity index (χ0v) is 23.4. The van der Waals surface area contributed by atoms with E-state index < -0.39 is 5.60 Å². The van der Waals surface area contributed by atoms with Crippen molar-refractivity contribution in [2.75, 3.05) is 19.7 Å². The lowest BCUT2D eigenvalue weighted by atomic mass is 9.98. The van der Waals surface area contributed by atoms with Gasteiger partial charge >= 0.3 is 12.2 Å². The van der Waals surface area contributed by atoms with E-state index in [9.17, 15) is 9.59 Å². The second kappa shape index (κ2) is 10.5. The molecule has 3 aliphatic rings. The van der Waals surface area contributed by atoms with Gasteiger partial charge in [0, 0.05) is 44.9 Å². The van der Waals surface area contributed by atoms with Gasteiger partial charge in [0.05, 0.1) is 0 Å². The number of hydrogen-bond donors (Lipinski definition) is 0. The van der Waals surface area contributed by atoms with E-state index in [-0.39, 0.29) is 24.2 Å². The van der Waals surface area contributed by atoms with Crippen LogP contribution < -0.4 is 4.74 Å². The Morgan fingerprint density at radius 2 is 1.43 bits per heavy atom. The first-order valence-electron chi connectivity index (χ1n) is 14.1. The van der Waals surface area contributed by atoms with E-state index in [0.717, 1.165) is 29.7 Å². The number of hydrogen-bond acceptors (Lipinski definition) is 5. The van der Waals surface area contributed by atoms with Crippen molar-refractivity contribution < 1.29 is 23.8 Å². The molecule has 3 aromatic carbocycles. The number of rotatable bonds is 4. The predicted octanol–water partition coefficient (Wildman–Crippen LogP) is 6.73. The quantitative estimate of drug-likeness (QED) is 0.367. The molecular weight excluding hydrogens is 504 g/mol. The zero-order valence-electron chi connectivity index (χ0n) is 23.4. The number of amides is 2. The molecule has 0 N–H and O–H groups in total. The minimum absolute atomic E-state index is 0.0269. The Hall–Kier alpha value is -4.00. The molecule has 7 heteroatoms. The lowest BCUT2D eigenvalue weighted by molar-refractivity contribution is 0.0241. The van der Waals surface area contributed by atoms with Crippen LogP contribution in [-0.2, 0) is 22.6 Å². The molecule has 2 aliphatic heterocycles. The highest BCUT2D eigenvalue weighted by molar-refractivity contribution is 5.79. The van der Waals surface area contributed by atoms with Gasteiger partial charge in [0.25, 0.3) is 0 Å². The number of nitrogens with zero attached hydrogens (tertiary/aromatic N) is 2. The fraction of sp³-hybridized carbons (Fsp3) is 0.394. The second-order valence-corrected chi connectivity index (χ2v) is 11.9. The number of ether oxygens (including phenoxy) is 3. The van der Waals surface area contributed by atoms with Crippen LogP contribution in [0.25, 0.3) is 11.1 Å². The fourth-order valence-corrected chi connectivity index (χ4v) is 5.93. The summed E-state index contributed by atoms with van der Waals surface area (Å²) in [5, 5.41) is 0. The topological polar surface area (TPSA) is 68.3 Å². The predicted molar refractivity (Wildman–Crippen MR) is 152 cm³/mol. The van der Waals surface area contributed by atoms with Crippen LogP contribution in [0.2, 0.25) is 0 Å². The van der Waals surface area contributed by atoms with Crippen molar-refractivity contribution in [3.63, 3.8) is 0 Å². The summed E-state index contributed by atoms with van der Waals surface area (Å²) in [7, 11) is 0. The van der Waals surface area contributed by atoms with Crippen LogP contribution in [0.5, 0.6) is 5.75 Å². The molecule has 7 nitrogen and oxygen atoms in total. The number of carbonyl (C=O) groups excluding carboxylic acids is 2. The molecule has 208 valence electrons. The molecule has 0 bridgehead atoms. The number of piperidine rings is 1. The number of likely N-dealkylation sites (tertiary alicyclic amines) is 1. The van der Waals surface area contributed by atoms with E-state index in [2.05, 4.69) is 36.4 Å². The molecule has 0 aromatic heterocycles. The van der Waals surface area contributed by atoms with E-state index in [1.165, 1.54) is 22.3 Å². The van der Waals surface area contributed by atoms with Crippen LogP contribution in [0.15, 0.2) is 66.7 Å². The molecule has 40 heavy (non-hydrogen) atoms. The Morgan fingerprint density at radius 1 is 0.800 bits per heavy atom. The molecule has 0 spiro atoms. The van der Waals surface area contributed by atoms with Crippen LogP contribution in [0.1, 0.15) is 61.8 Å². The summed E-state index contributed by atoms with van der Waals surface area (Å²) in [6.07, 6.45) is 0.947. The third-order valence-corrected chi connectivity index (χ3v) is 7.89. The lowest BCUT2D eigenvalue weighted by Crippen LogP contribution is -2.42. The summed E-state index contributed by atoms with van der Waals surface area (Å²) < 4.78 is 17.7. The first-order valence-corrected chi connectivity index (χ1v) is 14.1. The van der Waals surface area contributed by atoms with Crippen molar-refractivity contribution >= 4 is 12.2 Å². The number of carbonyl (C=O) groups is 2. The van der Waals surface area contributed by atoms with Crippen molar-refractivity contribution in [3.05, 3.63) is 89.0 Å². The first kappa shape index (κ1) is 26.2. The molecule has 1 aliphatic carbocycles. The van der Waals surface area contributed by atoms with Crippen molar-refractivity contribution in [3.8, 4) is 16.9 Å². The molecule has 0 saturated carbocycles. The van der Waals surface area contributed by atoms with Crippen molar-refractivity contribution in [1.82, 2.24) is 9.80 Å². The van der Waals surface area contributed by atoms with Crippen molar-refractivity contribution in [2.45, 2.75) is 64.3 Å². The van der Waals surface area contributed by atoms with E-state index >= 15 is 0 Å². The Bertz CT molecular complexity index is 1370. The Morgan fingerprint density at radius 3 is 2.08 bits per heavy atom. The molecule has 1 fully saturated rings. The van der Waals surface area contributed by atoms with Crippen LogP contribution in [0, 0.1) is 0 Å².